The average molecular weight is 452 g/mol. The number of hydrogen-bond acceptors (Lipinski definition) is 5. The van der Waals surface area contributed by atoms with Crippen molar-refractivity contribution in [1.82, 2.24) is 4.90 Å². The SMILES string of the molecule is NC1=Nc2ccc(-c3ccc(C(=O)N4CCCC4)cc3)cc2C=C(C(=O)Oc2ccccc2)C1. The van der Waals surface area contributed by atoms with Crippen molar-refractivity contribution in [3.05, 3.63) is 89.5 Å². The van der Waals surface area contributed by atoms with E-state index in [1.54, 1.807) is 18.2 Å². The van der Waals surface area contributed by atoms with Gasteiger partial charge in [0, 0.05) is 36.2 Å². The summed E-state index contributed by atoms with van der Waals surface area (Å²) >= 11 is 0. The lowest BCUT2D eigenvalue weighted by atomic mass is 9.99. The van der Waals surface area contributed by atoms with Gasteiger partial charge in [-0.2, -0.15) is 0 Å². The number of nitrogens with two attached hydrogens (primary N) is 1. The zero-order valence-corrected chi connectivity index (χ0v) is 18.7. The number of fused-ring (bicyclic) bond motifs is 1. The largest absolute Gasteiger partial charge is 0.423 e. The highest BCUT2D eigenvalue weighted by Crippen LogP contribution is 2.32. The molecule has 0 atom stereocenters. The molecule has 1 fully saturated rings. The van der Waals surface area contributed by atoms with E-state index in [9.17, 15) is 9.59 Å². The molecular formula is C28H25N3O3. The Morgan fingerprint density at radius 3 is 2.32 bits per heavy atom. The first-order chi connectivity index (χ1) is 16.6. The molecule has 1 saturated heterocycles. The van der Waals surface area contributed by atoms with Gasteiger partial charge in [-0.15, -0.1) is 0 Å². The molecule has 6 heteroatoms. The van der Waals surface area contributed by atoms with Crippen molar-refractivity contribution in [3.8, 4) is 16.9 Å². The van der Waals surface area contributed by atoms with Crippen LogP contribution in [-0.4, -0.2) is 35.7 Å². The normalized spacial score (nSPS) is 15.1. The van der Waals surface area contributed by atoms with Crippen LogP contribution < -0.4 is 10.5 Å². The zero-order valence-electron chi connectivity index (χ0n) is 18.7. The molecule has 0 radical (unpaired) electrons. The molecule has 5 rings (SSSR count). The van der Waals surface area contributed by atoms with Crippen molar-refractivity contribution in [3.63, 3.8) is 0 Å². The highest BCUT2D eigenvalue weighted by molar-refractivity contribution is 6.04. The molecule has 0 aromatic heterocycles. The minimum Gasteiger partial charge on any atom is -0.423 e. The van der Waals surface area contributed by atoms with Crippen LogP contribution >= 0.6 is 0 Å². The van der Waals surface area contributed by atoms with Crippen LogP contribution in [0.2, 0.25) is 0 Å². The van der Waals surface area contributed by atoms with Crippen molar-refractivity contribution >= 4 is 29.5 Å². The Morgan fingerprint density at radius 2 is 1.59 bits per heavy atom. The topological polar surface area (TPSA) is 85.0 Å². The second-order valence-electron chi connectivity index (χ2n) is 8.50. The molecule has 170 valence electrons. The van der Waals surface area contributed by atoms with Gasteiger partial charge in [0.1, 0.15) is 11.6 Å². The average Bonchev–Trinajstić information content (AvgIpc) is 3.34. The highest BCUT2D eigenvalue weighted by Gasteiger charge is 2.20. The maximum atomic E-state index is 12.8. The summed E-state index contributed by atoms with van der Waals surface area (Å²) in [6, 6.07) is 22.4. The van der Waals surface area contributed by atoms with E-state index in [1.165, 1.54) is 0 Å². The number of likely N-dealkylation sites (tertiary alicyclic amines) is 1. The summed E-state index contributed by atoms with van der Waals surface area (Å²) in [5, 5.41) is 0. The van der Waals surface area contributed by atoms with Crippen LogP contribution in [0.3, 0.4) is 0 Å². The Kier molecular flexibility index (Phi) is 5.95. The van der Waals surface area contributed by atoms with Crippen LogP contribution in [0.25, 0.3) is 17.2 Å². The van der Waals surface area contributed by atoms with Gasteiger partial charge in [0.05, 0.1) is 5.69 Å². The number of nitrogens with zero attached hydrogens (tertiary/aromatic N) is 2. The lowest BCUT2D eigenvalue weighted by Crippen LogP contribution is -2.27. The third-order valence-corrected chi connectivity index (χ3v) is 6.07. The molecule has 2 aliphatic heterocycles. The van der Waals surface area contributed by atoms with Crippen LogP contribution in [0, 0.1) is 0 Å². The maximum absolute atomic E-state index is 12.8. The molecule has 2 heterocycles. The molecule has 0 bridgehead atoms. The van der Waals surface area contributed by atoms with E-state index in [0.29, 0.717) is 28.4 Å². The monoisotopic (exact) mass is 451 g/mol. The Bertz CT molecular complexity index is 1290. The second-order valence-corrected chi connectivity index (χ2v) is 8.50. The molecule has 3 aromatic carbocycles. The van der Waals surface area contributed by atoms with E-state index < -0.39 is 5.97 Å². The van der Waals surface area contributed by atoms with Gasteiger partial charge >= 0.3 is 5.97 Å². The van der Waals surface area contributed by atoms with Crippen molar-refractivity contribution in [1.29, 1.82) is 0 Å². The lowest BCUT2D eigenvalue weighted by Gasteiger charge is -2.15. The fourth-order valence-corrected chi connectivity index (χ4v) is 4.28. The third kappa shape index (κ3) is 4.62. The van der Waals surface area contributed by atoms with Crippen LogP contribution in [0.4, 0.5) is 5.69 Å². The molecule has 2 N–H and O–H groups in total. The number of para-hydroxylation sites is 1. The Morgan fingerprint density at radius 1 is 0.882 bits per heavy atom. The summed E-state index contributed by atoms with van der Waals surface area (Å²) in [7, 11) is 0. The van der Waals surface area contributed by atoms with E-state index in [4.69, 9.17) is 10.5 Å². The fraction of sp³-hybridized carbons (Fsp3) is 0.179. The van der Waals surface area contributed by atoms with Gasteiger partial charge in [0.25, 0.3) is 5.91 Å². The standard InChI is InChI=1S/C28H25N3O3/c29-26-18-23(28(33)34-24-6-2-1-3-7-24)17-22-16-21(12-13-25(22)30-26)19-8-10-20(11-9-19)27(32)31-14-4-5-15-31/h1-3,6-13,16-17H,4-5,14-15,18H2,(H2,29,30). The van der Waals surface area contributed by atoms with Gasteiger partial charge in [0.2, 0.25) is 0 Å². The Labute approximate surface area is 198 Å². The first kappa shape index (κ1) is 21.6. The number of hydrogen-bond donors (Lipinski definition) is 1. The lowest BCUT2D eigenvalue weighted by molar-refractivity contribution is -0.130. The minimum absolute atomic E-state index is 0.0836. The van der Waals surface area contributed by atoms with Crippen LogP contribution in [0.5, 0.6) is 5.75 Å². The molecule has 0 unspecified atom stereocenters. The zero-order chi connectivity index (χ0) is 23.5. The first-order valence-corrected chi connectivity index (χ1v) is 11.4. The number of esters is 1. The summed E-state index contributed by atoms with van der Waals surface area (Å²) in [5.41, 5.74) is 10.6. The second kappa shape index (κ2) is 9.35. The van der Waals surface area contributed by atoms with E-state index in [0.717, 1.165) is 42.6 Å². The maximum Gasteiger partial charge on any atom is 0.339 e. The number of ether oxygens (including phenoxy) is 1. The first-order valence-electron chi connectivity index (χ1n) is 11.4. The Hall–Kier alpha value is -4.19. The quantitative estimate of drug-likeness (QED) is 0.448. The predicted molar refractivity (Wildman–Crippen MR) is 133 cm³/mol. The van der Waals surface area contributed by atoms with Crippen molar-refractivity contribution in [2.45, 2.75) is 19.3 Å². The number of carbonyl (C=O) groups excluding carboxylic acids is 2. The number of amides is 1. The highest BCUT2D eigenvalue weighted by atomic mass is 16.5. The molecule has 6 nitrogen and oxygen atoms in total. The molecule has 0 spiro atoms. The summed E-state index contributed by atoms with van der Waals surface area (Å²) in [4.78, 5) is 31.8. The van der Waals surface area contributed by atoms with E-state index >= 15 is 0 Å². The van der Waals surface area contributed by atoms with E-state index in [-0.39, 0.29) is 12.3 Å². The third-order valence-electron chi connectivity index (χ3n) is 6.07. The van der Waals surface area contributed by atoms with Crippen molar-refractivity contribution < 1.29 is 14.3 Å². The fourth-order valence-electron chi connectivity index (χ4n) is 4.28. The van der Waals surface area contributed by atoms with Crippen molar-refractivity contribution in [2.24, 2.45) is 10.7 Å². The van der Waals surface area contributed by atoms with Gasteiger partial charge in [0.15, 0.2) is 0 Å². The number of carbonyl (C=O) groups is 2. The predicted octanol–water partition coefficient (Wildman–Crippen LogP) is 4.97. The molecule has 2 aliphatic rings. The van der Waals surface area contributed by atoms with Gasteiger partial charge in [-0.25, -0.2) is 9.79 Å². The molecular weight excluding hydrogens is 426 g/mol. The summed E-state index contributed by atoms with van der Waals surface area (Å²) in [6.45, 7) is 1.66. The number of amidine groups is 1. The summed E-state index contributed by atoms with van der Waals surface area (Å²) in [6.07, 6.45) is 4.14. The van der Waals surface area contributed by atoms with Crippen LogP contribution in [0.15, 0.2) is 83.4 Å². The van der Waals surface area contributed by atoms with Gasteiger partial charge in [-0.1, -0.05) is 36.4 Å². The summed E-state index contributed by atoms with van der Waals surface area (Å²) < 4.78 is 5.51. The van der Waals surface area contributed by atoms with Gasteiger partial charge < -0.3 is 15.4 Å². The number of rotatable bonds is 4. The van der Waals surface area contributed by atoms with Crippen molar-refractivity contribution in [2.75, 3.05) is 13.1 Å². The molecule has 1 amide bonds. The van der Waals surface area contributed by atoms with Gasteiger partial charge in [-0.3, -0.25) is 4.79 Å². The van der Waals surface area contributed by atoms with E-state index in [1.807, 2.05) is 65.6 Å². The van der Waals surface area contributed by atoms with Crippen LogP contribution in [0.1, 0.15) is 35.2 Å². The number of benzene rings is 3. The smallest absolute Gasteiger partial charge is 0.339 e. The molecule has 3 aromatic rings. The van der Waals surface area contributed by atoms with E-state index in [2.05, 4.69) is 4.99 Å². The summed E-state index contributed by atoms with van der Waals surface area (Å²) in [5.74, 6) is 0.464. The van der Waals surface area contributed by atoms with Crippen LogP contribution in [-0.2, 0) is 4.79 Å². The molecule has 34 heavy (non-hydrogen) atoms. The Balaban J connectivity index is 1.41. The minimum atomic E-state index is -0.451. The molecule has 0 saturated carbocycles. The number of aliphatic imine (C=N–C) groups is 1. The van der Waals surface area contributed by atoms with Gasteiger partial charge in [-0.05, 0) is 66.4 Å². The molecule has 0 aliphatic carbocycles.